The van der Waals surface area contributed by atoms with Crippen LogP contribution >= 0.6 is 0 Å². The highest BCUT2D eigenvalue weighted by atomic mass is 19.4. The second-order valence-electron chi connectivity index (χ2n) is 5.53. The first-order valence-electron chi connectivity index (χ1n) is 7.02. The fraction of sp³-hybridized carbons (Fsp3) is 0.357. The molecule has 0 saturated carbocycles. The predicted molar refractivity (Wildman–Crippen MR) is 76.0 cm³/mol. The number of nitrogens with two attached hydrogens (primary N) is 1. The molecule has 1 aromatic rings. The molecule has 12 heteroatoms. The van der Waals surface area contributed by atoms with Crippen molar-refractivity contribution in [1.29, 1.82) is 5.41 Å². The van der Waals surface area contributed by atoms with Crippen molar-refractivity contribution in [3.05, 3.63) is 34.9 Å². The number of halogens is 6. The van der Waals surface area contributed by atoms with Crippen molar-refractivity contribution in [2.75, 3.05) is 6.54 Å². The molecule has 1 heterocycles. The summed E-state index contributed by atoms with van der Waals surface area (Å²) in [6.45, 7) is -1.74. The average Bonchev–Trinajstić information content (AvgIpc) is 2.69. The van der Waals surface area contributed by atoms with Crippen molar-refractivity contribution in [2.45, 2.75) is 24.8 Å². The summed E-state index contributed by atoms with van der Waals surface area (Å²) < 4.78 is 76.9. The fourth-order valence-corrected chi connectivity index (χ4v) is 2.65. The van der Waals surface area contributed by atoms with Gasteiger partial charge in [-0.05, 0) is 23.8 Å². The third-order valence-corrected chi connectivity index (χ3v) is 3.61. The third-order valence-electron chi connectivity index (χ3n) is 3.61. The molecule has 142 valence electrons. The van der Waals surface area contributed by atoms with Gasteiger partial charge in [-0.15, -0.1) is 0 Å². The van der Waals surface area contributed by atoms with Gasteiger partial charge in [0, 0.05) is 5.56 Å². The first-order valence-corrected chi connectivity index (χ1v) is 7.02. The summed E-state index contributed by atoms with van der Waals surface area (Å²) in [5.41, 5.74) is 3.11. The van der Waals surface area contributed by atoms with Crippen LogP contribution in [0.5, 0.6) is 0 Å². The Morgan fingerprint density at radius 3 is 2.35 bits per heavy atom. The molecule has 1 aliphatic rings. The number of fused-ring (bicyclic) bond motifs is 1. The monoisotopic (exact) mass is 382 g/mol. The maximum Gasteiger partial charge on any atom is 0.416 e. The Bertz CT molecular complexity index is 759. The van der Waals surface area contributed by atoms with Crippen LogP contribution in [0.3, 0.4) is 0 Å². The molecule has 0 spiro atoms. The Morgan fingerprint density at radius 2 is 1.85 bits per heavy atom. The Labute approximate surface area is 142 Å². The van der Waals surface area contributed by atoms with Gasteiger partial charge in [-0.3, -0.25) is 20.3 Å². The maximum absolute atomic E-state index is 12.9. The number of hydrogen-bond donors (Lipinski definition) is 3. The minimum atomic E-state index is -4.82. The summed E-state index contributed by atoms with van der Waals surface area (Å²) in [6, 6.07) is 0.351. The Balaban J connectivity index is 2.46. The number of carbonyl (C=O) groups excluding carboxylic acids is 2. The first kappa shape index (κ1) is 19.5. The van der Waals surface area contributed by atoms with Gasteiger partial charge in [0.25, 0.3) is 5.91 Å². The minimum Gasteiger partial charge on any atom is -0.370 e. The highest BCUT2D eigenvalue weighted by molar-refractivity contribution is 6.01. The van der Waals surface area contributed by atoms with E-state index in [2.05, 4.69) is 0 Å². The van der Waals surface area contributed by atoms with E-state index in [1.54, 1.807) is 0 Å². The van der Waals surface area contributed by atoms with E-state index >= 15 is 0 Å². The zero-order valence-corrected chi connectivity index (χ0v) is 12.8. The molecule has 1 unspecified atom stereocenters. The number of alkyl halides is 6. The van der Waals surface area contributed by atoms with Gasteiger partial charge in [-0.2, -0.15) is 26.3 Å². The quantitative estimate of drug-likeness (QED) is 0.424. The number of benzene rings is 1. The number of carbonyl (C=O) groups is 2. The topological polar surface area (TPSA) is 99.3 Å². The molecular weight excluding hydrogens is 370 g/mol. The van der Waals surface area contributed by atoms with Crippen LogP contribution < -0.4 is 11.1 Å². The van der Waals surface area contributed by atoms with E-state index in [4.69, 9.17) is 11.1 Å². The van der Waals surface area contributed by atoms with Gasteiger partial charge in [-0.25, -0.2) is 0 Å². The maximum atomic E-state index is 12.9. The summed E-state index contributed by atoms with van der Waals surface area (Å²) in [5.74, 6) is -2.93. The molecule has 0 fully saturated rings. The van der Waals surface area contributed by atoms with E-state index in [1.165, 1.54) is 0 Å². The van der Waals surface area contributed by atoms with Crippen LogP contribution in [0.25, 0.3) is 0 Å². The average molecular weight is 382 g/mol. The standard InChI is InChI=1S/C14H12F6N4O2/c15-13(16,17)5-24-9(4-10(25)23-12(21)22)8-3-6(14(18,19)20)1-2-7(8)11(24)26/h1-3,9H,4-5H2,(H4,21,22,23,25). The van der Waals surface area contributed by atoms with Gasteiger partial charge in [0.1, 0.15) is 6.54 Å². The largest absolute Gasteiger partial charge is 0.416 e. The number of hydrogen-bond acceptors (Lipinski definition) is 3. The van der Waals surface area contributed by atoms with Crippen LogP contribution in [-0.4, -0.2) is 35.4 Å². The molecule has 0 radical (unpaired) electrons. The molecular formula is C14H12F6N4O2. The Hall–Kier alpha value is -2.79. The molecule has 1 aliphatic heterocycles. The Morgan fingerprint density at radius 1 is 1.23 bits per heavy atom. The van der Waals surface area contributed by atoms with Crippen molar-refractivity contribution in [1.82, 2.24) is 10.2 Å². The van der Waals surface area contributed by atoms with E-state index in [0.717, 1.165) is 6.07 Å². The number of guanidine groups is 1. The molecule has 0 aromatic heterocycles. The lowest BCUT2D eigenvalue weighted by molar-refractivity contribution is -0.146. The predicted octanol–water partition coefficient (Wildman–Crippen LogP) is 2.16. The summed E-state index contributed by atoms with van der Waals surface area (Å²) in [5, 5.41) is 8.75. The van der Waals surface area contributed by atoms with E-state index in [-0.39, 0.29) is 16.0 Å². The molecule has 0 saturated heterocycles. The van der Waals surface area contributed by atoms with Crippen LogP contribution in [0.4, 0.5) is 26.3 Å². The lowest BCUT2D eigenvalue weighted by Crippen LogP contribution is -2.41. The molecule has 0 aliphatic carbocycles. The van der Waals surface area contributed by atoms with Gasteiger partial charge in [-0.1, -0.05) is 0 Å². The number of nitrogens with one attached hydrogen (secondary N) is 2. The fourth-order valence-electron chi connectivity index (χ4n) is 2.65. The molecule has 4 N–H and O–H groups in total. The molecule has 0 bridgehead atoms. The minimum absolute atomic E-state index is 0.282. The summed E-state index contributed by atoms with van der Waals surface area (Å²) in [6.07, 6.45) is -10.4. The van der Waals surface area contributed by atoms with Crippen molar-refractivity contribution in [3.8, 4) is 0 Å². The lowest BCUT2D eigenvalue weighted by atomic mass is 9.99. The highest BCUT2D eigenvalue weighted by Crippen LogP contribution is 2.41. The van der Waals surface area contributed by atoms with E-state index in [9.17, 15) is 35.9 Å². The van der Waals surface area contributed by atoms with Crippen molar-refractivity contribution in [2.24, 2.45) is 5.73 Å². The normalized spacial score (nSPS) is 17.2. The third kappa shape index (κ3) is 4.24. The first-order chi connectivity index (χ1) is 11.8. The second-order valence-corrected chi connectivity index (χ2v) is 5.53. The van der Waals surface area contributed by atoms with Crippen LogP contribution in [0.2, 0.25) is 0 Å². The van der Waals surface area contributed by atoms with E-state index < -0.39 is 54.7 Å². The van der Waals surface area contributed by atoms with Crippen LogP contribution in [0, 0.1) is 5.41 Å². The van der Waals surface area contributed by atoms with Gasteiger partial charge in [0.15, 0.2) is 5.96 Å². The van der Waals surface area contributed by atoms with Crippen LogP contribution in [-0.2, 0) is 11.0 Å². The van der Waals surface area contributed by atoms with Crippen LogP contribution in [0.1, 0.15) is 33.9 Å². The summed E-state index contributed by atoms with van der Waals surface area (Å²) in [7, 11) is 0. The smallest absolute Gasteiger partial charge is 0.370 e. The Kier molecular flexibility index (Phi) is 4.88. The van der Waals surface area contributed by atoms with E-state index in [0.29, 0.717) is 12.1 Å². The zero-order valence-electron chi connectivity index (χ0n) is 12.8. The van der Waals surface area contributed by atoms with Crippen molar-refractivity contribution < 1.29 is 35.9 Å². The highest BCUT2D eigenvalue weighted by Gasteiger charge is 2.45. The SMILES string of the molecule is N=C(N)NC(=O)CC1c2cc(C(F)(F)F)ccc2C(=O)N1CC(F)(F)F. The molecule has 2 rings (SSSR count). The molecule has 1 atom stereocenters. The van der Waals surface area contributed by atoms with Gasteiger partial charge >= 0.3 is 12.4 Å². The van der Waals surface area contributed by atoms with E-state index in [1.807, 2.05) is 5.32 Å². The van der Waals surface area contributed by atoms with Crippen molar-refractivity contribution in [3.63, 3.8) is 0 Å². The summed E-state index contributed by atoms with van der Waals surface area (Å²) >= 11 is 0. The van der Waals surface area contributed by atoms with Gasteiger partial charge in [0.2, 0.25) is 5.91 Å². The van der Waals surface area contributed by atoms with Crippen LogP contribution in [0.15, 0.2) is 18.2 Å². The number of amides is 2. The molecule has 26 heavy (non-hydrogen) atoms. The number of rotatable bonds is 3. The molecule has 2 amide bonds. The molecule has 1 aromatic carbocycles. The zero-order chi connectivity index (χ0) is 19.9. The van der Waals surface area contributed by atoms with Gasteiger partial charge in [0.05, 0.1) is 18.0 Å². The summed E-state index contributed by atoms with van der Waals surface area (Å²) in [4.78, 5) is 24.2. The van der Waals surface area contributed by atoms with Gasteiger partial charge < -0.3 is 10.6 Å². The molecule has 6 nitrogen and oxygen atoms in total. The van der Waals surface area contributed by atoms with Crippen molar-refractivity contribution >= 4 is 17.8 Å². The second kappa shape index (κ2) is 6.50. The number of nitrogens with zero attached hydrogens (tertiary/aromatic N) is 1. The lowest BCUT2D eigenvalue weighted by Gasteiger charge is -2.26.